The Bertz CT molecular complexity index is 162. The molecule has 1 atom stereocenters. The summed E-state index contributed by atoms with van der Waals surface area (Å²) in [5.74, 6) is 2.55. The number of aliphatic hydroxyl groups excluding tert-OH is 1. The highest BCUT2D eigenvalue weighted by Crippen LogP contribution is 2.20. The van der Waals surface area contributed by atoms with Gasteiger partial charge >= 0.3 is 0 Å². The molecular weight excluding hydrogens is 112 g/mol. The van der Waals surface area contributed by atoms with Gasteiger partial charge in [-0.3, -0.25) is 0 Å². The number of rotatable bonds is 1. The lowest BCUT2D eigenvalue weighted by Gasteiger charge is -1.89. The summed E-state index contributed by atoms with van der Waals surface area (Å²) in [5, 5.41) is 8.98. The molecule has 0 fully saturated rings. The molecule has 0 saturated carbocycles. The Balaban J connectivity index is 2.44. The lowest BCUT2D eigenvalue weighted by molar-refractivity contribution is 0.223. The zero-order chi connectivity index (χ0) is 6.69. The molecule has 1 N–H and O–H groups in total. The van der Waals surface area contributed by atoms with Crippen molar-refractivity contribution in [3.63, 3.8) is 0 Å². The molecule has 9 heavy (non-hydrogen) atoms. The molecule has 0 bridgehead atoms. The van der Waals surface area contributed by atoms with Crippen LogP contribution in [0.5, 0.6) is 0 Å². The molecule has 1 nitrogen and oxygen atoms in total. The fourth-order valence-corrected chi connectivity index (χ4v) is 1.05. The molecule has 0 aliphatic heterocycles. The largest absolute Gasteiger partial charge is 0.389 e. The summed E-state index contributed by atoms with van der Waals surface area (Å²) >= 11 is 0. The van der Waals surface area contributed by atoms with Crippen LogP contribution >= 0.6 is 0 Å². The maximum Gasteiger partial charge on any atom is 0.0726 e. The van der Waals surface area contributed by atoms with Crippen LogP contribution in [-0.2, 0) is 0 Å². The fraction of sp³-hybridized carbons (Fsp3) is 0.500. The van der Waals surface area contributed by atoms with E-state index < -0.39 is 0 Å². The maximum absolute atomic E-state index is 8.98. The molecular formula is C8H10O. The molecule has 1 aliphatic carbocycles. The highest BCUT2D eigenvalue weighted by Gasteiger charge is 2.10. The van der Waals surface area contributed by atoms with Crippen molar-refractivity contribution in [2.24, 2.45) is 0 Å². The van der Waals surface area contributed by atoms with Crippen LogP contribution in [0.15, 0.2) is 11.6 Å². The van der Waals surface area contributed by atoms with Gasteiger partial charge in [-0.05, 0) is 12.8 Å². The highest BCUT2D eigenvalue weighted by atomic mass is 16.3. The molecule has 48 valence electrons. The average molecular weight is 122 g/mol. The third kappa shape index (κ3) is 1.58. The Hall–Kier alpha value is -0.740. The average Bonchev–Trinajstić information content (AvgIpc) is 2.17. The van der Waals surface area contributed by atoms with Crippen LogP contribution < -0.4 is 0 Å². The predicted molar refractivity (Wildman–Crippen MR) is 36.8 cm³/mol. The molecule has 0 spiro atoms. The summed E-state index contributed by atoms with van der Waals surface area (Å²) in [6.07, 6.45) is 9.26. The molecule has 0 aromatic rings. The van der Waals surface area contributed by atoms with Gasteiger partial charge in [0.2, 0.25) is 0 Å². The van der Waals surface area contributed by atoms with Gasteiger partial charge in [0.05, 0.1) is 6.10 Å². The molecule has 1 heteroatoms. The van der Waals surface area contributed by atoms with E-state index in [1.165, 1.54) is 5.57 Å². The van der Waals surface area contributed by atoms with E-state index in [4.69, 9.17) is 11.5 Å². The van der Waals surface area contributed by atoms with E-state index >= 15 is 0 Å². The zero-order valence-electron chi connectivity index (χ0n) is 5.30. The van der Waals surface area contributed by atoms with Crippen LogP contribution in [0.4, 0.5) is 0 Å². The van der Waals surface area contributed by atoms with Gasteiger partial charge in [-0.1, -0.05) is 11.6 Å². The quantitative estimate of drug-likeness (QED) is 0.407. The summed E-state index contributed by atoms with van der Waals surface area (Å²) in [5.41, 5.74) is 1.21. The summed E-state index contributed by atoms with van der Waals surface area (Å²) in [6.45, 7) is 0. The van der Waals surface area contributed by atoms with Gasteiger partial charge in [0.15, 0.2) is 0 Å². The van der Waals surface area contributed by atoms with Crippen molar-refractivity contribution in [3.8, 4) is 12.3 Å². The first kappa shape index (κ1) is 6.38. The van der Waals surface area contributed by atoms with Gasteiger partial charge in [-0.25, -0.2) is 0 Å². The van der Waals surface area contributed by atoms with Crippen LogP contribution in [0.1, 0.15) is 19.3 Å². The lowest BCUT2D eigenvalue weighted by Crippen LogP contribution is -1.93. The van der Waals surface area contributed by atoms with E-state index in [2.05, 4.69) is 5.92 Å². The number of aliphatic hydroxyl groups is 1. The van der Waals surface area contributed by atoms with Crippen molar-refractivity contribution in [2.75, 3.05) is 0 Å². The summed E-state index contributed by atoms with van der Waals surface area (Å²) in [7, 11) is 0. The number of hydrogen-bond donors (Lipinski definition) is 1. The Kier molecular flexibility index (Phi) is 1.92. The van der Waals surface area contributed by atoms with Crippen molar-refractivity contribution in [1.29, 1.82) is 0 Å². The second kappa shape index (κ2) is 2.70. The number of terminal acetylenes is 1. The monoisotopic (exact) mass is 122 g/mol. The molecule has 0 radical (unpaired) electrons. The Labute approximate surface area is 55.4 Å². The molecule has 0 heterocycles. The van der Waals surface area contributed by atoms with Crippen LogP contribution in [0, 0.1) is 12.3 Å². The van der Waals surface area contributed by atoms with E-state index in [1.807, 2.05) is 6.08 Å². The first-order valence-electron chi connectivity index (χ1n) is 3.14. The molecule has 0 aromatic heterocycles. The van der Waals surface area contributed by atoms with Crippen molar-refractivity contribution >= 4 is 0 Å². The molecule has 0 aromatic carbocycles. The van der Waals surface area contributed by atoms with Gasteiger partial charge in [0, 0.05) is 6.42 Å². The second-order valence-electron chi connectivity index (χ2n) is 2.31. The minimum absolute atomic E-state index is 0.228. The summed E-state index contributed by atoms with van der Waals surface area (Å²) in [6, 6.07) is 0. The van der Waals surface area contributed by atoms with Crippen molar-refractivity contribution in [1.82, 2.24) is 0 Å². The molecule has 0 saturated heterocycles. The van der Waals surface area contributed by atoms with E-state index in [-0.39, 0.29) is 6.10 Å². The van der Waals surface area contributed by atoms with Gasteiger partial charge in [0.1, 0.15) is 0 Å². The van der Waals surface area contributed by atoms with Gasteiger partial charge < -0.3 is 5.11 Å². The first-order valence-corrected chi connectivity index (χ1v) is 3.14. The topological polar surface area (TPSA) is 20.2 Å². The minimum Gasteiger partial charge on any atom is -0.389 e. The summed E-state index contributed by atoms with van der Waals surface area (Å²) in [4.78, 5) is 0. The van der Waals surface area contributed by atoms with E-state index in [9.17, 15) is 0 Å². The van der Waals surface area contributed by atoms with Crippen molar-refractivity contribution in [2.45, 2.75) is 25.4 Å². The zero-order valence-corrected chi connectivity index (χ0v) is 5.30. The third-order valence-electron chi connectivity index (χ3n) is 1.52. The Morgan fingerprint density at radius 3 is 3.11 bits per heavy atom. The Morgan fingerprint density at radius 2 is 2.67 bits per heavy atom. The minimum atomic E-state index is -0.228. The molecule has 1 unspecified atom stereocenters. The van der Waals surface area contributed by atoms with Gasteiger partial charge in [-0.15, -0.1) is 12.3 Å². The predicted octanol–water partition coefficient (Wildman–Crippen LogP) is 1.09. The smallest absolute Gasteiger partial charge is 0.0726 e. The van der Waals surface area contributed by atoms with Gasteiger partial charge in [-0.2, -0.15) is 0 Å². The SMILES string of the molecule is C#CCC1=CC(O)CC1. The van der Waals surface area contributed by atoms with E-state index in [1.54, 1.807) is 0 Å². The fourth-order valence-electron chi connectivity index (χ4n) is 1.05. The third-order valence-corrected chi connectivity index (χ3v) is 1.52. The number of hydrogen-bond acceptors (Lipinski definition) is 1. The molecule has 1 aliphatic rings. The Morgan fingerprint density at radius 1 is 1.89 bits per heavy atom. The highest BCUT2D eigenvalue weighted by molar-refractivity contribution is 5.16. The first-order chi connectivity index (χ1) is 4.33. The standard InChI is InChI=1S/C8H10O/c1-2-3-7-4-5-8(9)6-7/h1,6,8-9H,3-5H2. The lowest BCUT2D eigenvalue weighted by atomic mass is 10.2. The van der Waals surface area contributed by atoms with Crippen molar-refractivity contribution < 1.29 is 5.11 Å². The van der Waals surface area contributed by atoms with Crippen molar-refractivity contribution in [3.05, 3.63) is 11.6 Å². The number of allylic oxidation sites excluding steroid dienone is 1. The molecule has 1 rings (SSSR count). The van der Waals surface area contributed by atoms with E-state index in [0.29, 0.717) is 6.42 Å². The van der Waals surface area contributed by atoms with E-state index in [0.717, 1.165) is 12.8 Å². The maximum atomic E-state index is 8.98. The van der Waals surface area contributed by atoms with Crippen LogP contribution in [0.3, 0.4) is 0 Å². The second-order valence-corrected chi connectivity index (χ2v) is 2.31. The van der Waals surface area contributed by atoms with Crippen LogP contribution in [-0.4, -0.2) is 11.2 Å². The molecule has 0 amide bonds. The van der Waals surface area contributed by atoms with Gasteiger partial charge in [0.25, 0.3) is 0 Å². The summed E-state index contributed by atoms with van der Waals surface area (Å²) < 4.78 is 0. The van der Waals surface area contributed by atoms with Crippen LogP contribution in [0.25, 0.3) is 0 Å². The normalized spacial score (nSPS) is 25.3. The van der Waals surface area contributed by atoms with Crippen LogP contribution in [0.2, 0.25) is 0 Å².